The summed E-state index contributed by atoms with van der Waals surface area (Å²) in [5, 5.41) is 0. The van der Waals surface area contributed by atoms with Crippen LogP contribution in [-0.2, 0) is 19.1 Å². The van der Waals surface area contributed by atoms with Crippen molar-refractivity contribution in [1.29, 1.82) is 0 Å². The Labute approximate surface area is 144 Å². The van der Waals surface area contributed by atoms with E-state index in [2.05, 4.69) is 22.6 Å². The monoisotopic (exact) mass is 330 g/mol. The van der Waals surface area contributed by atoms with Crippen LogP contribution in [0.4, 0.5) is 0 Å². The lowest BCUT2D eigenvalue weighted by Crippen LogP contribution is -2.02. The summed E-state index contributed by atoms with van der Waals surface area (Å²) in [4.78, 5) is 21.3. The molecule has 0 heterocycles. The van der Waals surface area contributed by atoms with Crippen molar-refractivity contribution < 1.29 is 19.1 Å². The third kappa shape index (κ3) is 11.0. The van der Waals surface area contributed by atoms with Crippen LogP contribution in [0, 0.1) is 0 Å². The quantitative estimate of drug-likeness (QED) is 0.404. The molecular weight excluding hydrogens is 304 g/mol. The summed E-state index contributed by atoms with van der Waals surface area (Å²) in [5.41, 5.74) is 1.57. The van der Waals surface area contributed by atoms with Crippen LogP contribution >= 0.6 is 0 Å². The zero-order valence-electron chi connectivity index (χ0n) is 14.5. The largest absolute Gasteiger partial charge is 0.466 e. The normalized spacial score (nSPS) is 9.58. The molecule has 0 atom stereocenters. The van der Waals surface area contributed by atoms with Gasteiger partial charge in [0.15, 0.2) is 0 Å². The maximum Gasteiger partial charge on any atom is 0.333 e. The van der Waals surface area contributed by atoms with Gasteiger partial charge < -0.3 is 9.47 Å². The molecule has 0 amide bonds. The van der Waals surface area contributed by atoms with Gasteiger partial charge in [-0.3, -0.25) is 0 Å². The third-order valence-electron chi connectivity index (χ3n) is 2.86. The van der Waals surface area contributed by atoms with Crippen LogP contribution in [0.2, 0.25) is 0 Å². The lowest BCUT2D eigenvalue weighted by molar-refractivity contribution is -0.138. The van der Waals surface area contributed by atoms with Gasteiger partial charge >= 0.3 is 11.9 Å². The van der Waals surface area contributed by atoms with E-state index in [-0.39, 0.29) is 11.9 Å². The number of carbonyl (C=O) groups is 2. The van der Waals surface area contributed by atoms with E-state index in [1.807, 2.05) is 49.4 Å². The van der Waals surface area contributed by atoms with Gasteiger partial charge in [0.25, 0.3) is 0 Å². The van der Waals surface area contributed by atoms with Gasteiger partial charge in [0.2, 0.25) is 0 Å². The van der Waals surface area contributed by atoms with Crippen molar-refractivity contribution in [2.75, 3.05) is 13.7 Å². The maximum absolute atomic E-state index is 11.0. The summed E-state index contributed by atoms with van der Waals surface area (Å²) in [6.45, 7) is 9.45. The van der Waals surface area contributed by atoms with E-state index in [9.17, 15) is 9.59 Å². The topological polar surface area (TPSA) is 52.6 Å². The first kappa shape index (κ1) is 21.4. The fourth-order valence-corrected chi connectivity index (χ4v) is 1.51. The molecule has 0 fully saturated rings. The third-order valence-corrected chi connectivity index (χ3v) is 2.86. The minimum absolute atomic E-state index is 0.330. The van der Waals surface area contributed by atoms with Gasteiger partial charge in [-0.2, -0.15) is 0 Å². The second kappa shape index (κ2) is 14.0. The van der Waals surface area contributed by atoms with Gasteiger partial charge in [0.05, 0.1) is 13.7 Å². The molecule has 24 heavy (non-hydrogen) atoms. The fraction of sp³-hybridized carbons (Fsp3) is 0.300. The average molecular weight is 330 g/mol. The van der Waals surface area contributed by atoms with E-state index < -0.39 is 0 Å². The molecule has 0 N–H and O–H groups in total. The molecule has 4 nitrogen and oxygen atoms in total. The van der Waals surface area contributed by atoms with Crippen LogP contribution in [0.5, 0.6) is 0 Å². The molecular formula is C20H26O4. The first-order valence-electron chi connectivity index (χ1n) is 7.82. The van der Waals surface area contributed by atoms with E-state index in [1.54, 1.807) is 0 Å². The summed E-state index contributed by atoms with van der Waals surface area (Å²) < 4.78 is 9.22. The summed E-state index contributed by atoms with van der Waals surface area (Å²) in [7, 11) is 1.36. The van der Waals surface area contributed by atoms with Crippen LogP contribution in [0.15, 0.2) is 61.2 Å². The fourth-order valence-electron chi connectivity index (χ4n) is 1.51. The smallest absolute Gasteiger partial charge is 0.333 e. The number of esters is 2. The molecule has 130 valence electrons. The Morgan fingerprint density at radius 3 is 2.42 bits per heavy atom. The van der Waals surface area contributed by atoms with Gasteiger partial charge in [0.1, 0.15) is 0 Å². The van der Waals surface area contributed by atoms with E-state index in [4.69, 9.17) is 0 Å². The maximum atomic E-state index is 11.0. The van der Waals surface area contributed by atoms with Gasteiger partial charge in [-0.25, -0.2) is 9.59 Å². The van der Waals surface area contributed by atoms with Crippen molar-refractivity contribution in [2.45, 2.75) is 26.2 Å². The first-order chi connectivity index (χ1) is 11.5. The number of carbonyl (C=O) groups excluding carboxylic acids is 2. The number of benzene rings is 1. The molecule has 0 bridgehead atoms. The highest BCUT2D eigenvalue weighted by Gasteiger charge is 2.02. The minimum Gasteiger partial charge on any atom is -0.466 e. The highest BCUT2D eigenvalue weighted by atomic mass is 16.5. The Morgan fingerprint density at radius 2 is 1.88 bits per heavy atom. The van der Waals surface area contributed by atoms with E-state index >= 15 is 0 Å². The van der Waals surface area contributed by atoms with Crippen molar-refractivity contribution in [3.05, 3.63) is 66.8 Å². The molecule has 0 saturated carbocycles. The van der Waals surface area contributed by atoms with Crippen molar-refractivity contribution in [2.24, 2.45) is 0 Å². The van der Waals surface area contributed by atoms with Crippen LogP contribution in [0.3, 0.4) is 0 Å². The summed E-state index contributed by atoms with van der Waals surface area (Å²) in [6.07, 6.45) is 7.52. The molecule has 0 saturated heterocycles. The van der Waals surface area contributed by atoms with Crippen LogP contribution in [0.1, 0.15) is 31.7 Å². The van der Waals surface area contributed by atoms with Gasteiger partial charge in [-0.05, 0) is 18.4 Å². The predicted octanol–water partition coefficient (Wildman–Crippen LogP) is 4.33. The second-order valence-corrected chi connectivity index (χ2v) is 4.84. The molecule has 0 aliphatic heterocycles. The molecule has 0 aliphatic carbocycles. The van der Waals surface area contributed by atoms with Crippen molar-refractivity contribution in [3.63, 3.8) is 0 Å². The van der Waals surface area contributed by atoms with Gasteiger partial charge in [0, 0.05) is 11.6 Å². The Morgan fingerprint density at radius 1 is 1.21 bits per heavy atom. The van der Waals surface area contributed by atoms with Crippen molar-refractivity contribution in [3.8, 4) is 0 Å². The summed E-state index contributed by atoms with van der Waals surface area (Å²) >= 11 is 0. The van der Waals surface area contributed by atoms with Crippen LogP contribution in [-0.4, -0.2) is 25.7 Å². The number of hydrogen-bond donors (Lipinski definition) is 0. The Hall–Kier alpha value is -2.62. The molecule has 0 aromatic heterocycles. The lowest BCUT2D eigenvalue weighted by Gasteiger charge is -1.98. The van der Waals surface area contributed by atoms with Gasteiger partial charge in [-0.1, -0.05) is 69.0 Å². The Bertz CT molecular complexity index is 544. The number of allylic oxidation sites excluding steroid dienone is 1. The Balaban J connectivity index is 0.000000506. The molecule has 4 heteroatoms. The molecule has 1 aromatic rings. The first-order valence-corrected chi connectivity index (χ1v) is 7.82. The number of methoxy groups -OCH3 is 1. The lowest BCUT2D eigenvalue weighted by atomic mass is 10.1. The molecule has 0 radical (unpaired) electrons. The number of ether oxygens (including phenoxy) is 2. The van der Waals surface area contributed by atoms with E-state index in [0.29, 0.717) is 18.6 Å². The summed E-state index contributed by atoms with van der Waals surface area (Å²) in [5.74, 6) is -0.684. The standard InChI is InChI=1S/C13H14O2.C7H12O2/c1-11(13(14)15-2)7-6-10-12-8-4-3-5-9-12;1-3-5-6-9-7(8)4-2/h3-6,8-10H,1,7H2,2H3;4H,2-3,5-6H2,1H3. The van der Waals surface area contributed by atoms with Gasteiger partial charge in [-0.15, -0.1) is 0 Å². The SMILES string of the molecule is C=C(CC=Cc1ccccc1)C(=O)OC.C=CC(=O)OCCCC. The number of hydrogen-bond acceptors (Lipinski definition) is 4. The zero-order valence-corrected chi connectivity index (χ0v) is 14.5. The molecule has 0 unspecified atom stereocenters. The van der Waals surface area contributed by atoms with E-state index in [1.165, 1.54) is 13.2 Å². The second-order valence-electron chi connectivity index (χ2n) is 4.84. The molecule has 1 rings (SSSR count). The highest BCUT2D eigenvalue weighted by Crippen LogP contribution is 2.06. The molecule has 0 aliphatic rings. The highest BCUT2D eigenvalue weighted by molar-refractivity contribution is 5.88. The Kier molecular flexibility index (Phi) is 12.5. The number of rotatable bonds is 8. The zero-order chi connectivity index (χ0) is 18.2. The van der Waals surface area contributed by atoms with Crippen molar-refractivity contribution >= 4 is 18.0 Å². The van der Waals surface area contributed by atoms with Crippen molar-refractivity contribution in [1.82, 2.24) is 0 Å². The van der Waals surface area contributed by atoms with E-state index in [0.717, 1.165) is 18.4 Å². The summed E-state index contributed by atoms with van der Waals surface area (Å²) in [6, 6.07) is 9.89. The van der Waals surface area contributed by atoms with Crippen LogP contribution in [0.25, 0.3) is 6.08 Å². The predicted molar refractivity (Wildman–Crippen MR) is 97.3 cm³/mol. The average Bonchev–Trinajstić information content (AvgIpc) is 2.62. The van der Waals surface area contributed by atoms with Crippen LogP contribution < -0.4 is 0 Å². The molecule has 0 spiro atoms. The minimum atomic E-state index is -0.354. The number of unbranched alkanes of at least 4 members (excludes halogenated alkanes) is 1. The molecule has 1 aromatic carbocycles.